The standard InChI is InChI=1S/C33H55N3O5/c1-12-18-34(11)27(38)24-25-28(39)36(23(20-37)22(5)14-3)26(33(25)17-16-32(24,15-4)41-33)29(40)35(19-13-2)31(9,10)21-30(6,7)8/h12-13,22-26,37H,1-2,14-21H2,3-11H3/t22-,23-,24+,25-,26?,32-,33?/m0/s1. The summed E-state index contributed by atoms with van der Waals surface area (Å²) in [5.74, 6) is -2.16. The van der Waals surface area contributed by atoms with E-state index in [9.17, 15) is 14.7 Å². The molecule has 7 atom stereocenters. The van der Waals surface area contributed by atoms with Gasteiger partial charge < -0.3 is 24.5 Å². The predicted octanol–water partition coefficient (Wildman–Crippen LogP) is 4.42. The highest BCUT2D eigenvalue weighted by Crippen LogP contribution is 2.65. The molecule has 3 rings (SSSR count). The van der Waals surface area contributed by atoms with Crippen LogP contribution in [-0.4, -0.2) is 93.1 Å². The van der Waals surface area contributed by atoms with E-state index in [2.05, 4.69) is 47.8 Å². The SMILES string of the molecule is C=CCN(C)C(=O)[C@H]1[C@H]2C(=O)N([C@@H](CO)[C@@H](C)CC)C(C(=O)N(CC=C)C(C)(C)CC(C)(C)C)C23CC[C@]1(CC)O3. The molecule has 0 aromatic rings. The molecule has 3 fully saturated rings. The van der Waals surface area contributed by atoms with E-state index in [0.717, 1.165) is 12.8 Å². The Balaban J connectivity index is 2.24. The number of likely N-dealkylation sites (tertiary alicyclic amines) is 1. The molecule has 8 heteroatoms. The minimum atomic E-state index is -1.14. The summed E-state index contributed by atoms with van der Waals surface area (Å²) in [6, 6.07) is -1.51. The van der Waals surface area contributed by atoms with Crippen LogP contribution in [-0.2, 0) is 19.1 Å². The number of aliphatic hydroxyl groups excluding tert-OH is 1. The van der Waals surface area contributed by atoms with Crippen LogP contribution in [0.25, 0.3) is 0 Å². The lowest BCUT2D eigenvalue weighted by molar-refractivity contribution is -0.162. The molecule has 41 heavy (non-hydrogen) atoms. The topological polar surface area (TPSA) is 90.4 Å². The average Bonchev–Trinajstić information content (AvgIpc) is 3.49. The van der Waals surface area contributed by atoms with E-state index < -0.39 is 40.7 Å². The van der Waals surface area contributed by atoms with Gasteiger partial charge in [0, 0.05) is 25.7 Å². The maximum atomic E-state index is 15.0. The van der Waals surface area contributed by atoms with Gasteiger partial charge in [-0.3, -0.25) is 14.4 Å². The number of carbonyl (C=O) groups excluding carboxylic acids is 3. The summed E-state index contributed by atoms with van der Waals surface area (Å²) in [5.41, 5.74) is -2.55. The first-order chi connectivity index (χ1) is 19.0. The Morgan fingerprint density at radius 2 is 1.73 bits per heavy atom. The van der Waals surface area contributed by atoms with Crippen molar-refractivity contribution < 1.29 is 24.2 Å². The van der Waals surface area contributed by atoms with Crippen LogP contribution >= 0.6 is 0 Å². The number of nitrogens with zero attached hydrogens (tertiary/aromatic N) is 3. The van der Waals surface area contributed by atoms with E-state index in [1.54, 1.807) is 29.0 Å². The fraction of sp³-hybridized carbons (Fsp3) is 0.788. The van der Waals surface area contributed by atoms with Gasteiger partial charge in [-0.1, -0.05) is 60.1 Å². The predicted molar refractivity (Wildman–Crippen MR) is 162 cm³/mol. The van der Waals surface area contributed by atoms with Crippen molar-refractivity contribution in [3.63, 3.8) is 0 Å². The normalized spacial score (nSPS) is 30.6. The van der Waals surface area contributed by atoms with Gasteiger partial charge in [0.1, 0.15) is 11.6 Å². The van der Waals surface area contributed by atoms with Crippen molar-refractivity contribution >= 4 is 17.7 Å². The van der Waals surface area contributed by atoms with Crippen molar-refractivity contribution in [1.29, 1.82) is 0 Å². The summed E-state index contributed by atoms with van der Waals surface area (Å²) >= 11 is 0. The number of ether oxygens (including phenoxy) is 1. The van der Waals surface area contributed by atoms with Crippen LogP contribution in [0.1, 0.15) is 87.5 Å². The van der Waals surface area contributed by atoms with Crippen LogP contribution in [0.3, 0.4) is 0 Å². The van der Waals surface area contributed by atoms with E-state index in [-0.39, 0.29) is 35.7 Å². The van der Waals surface area contributed by atoms with Gasteiger partial charge in [-0.25, -0.2) is 0 Å². The van der Waals surface area contributed by atoms with Crippen molar-refractivity contribution in [1.82, 2.24) is 14.7 Å². The van der Waals surface area contributed by atoms with Crippen LogP contribution in [0, 0.1) is 23.2 Å². The molecular formula is C33H55N3O5. The van der Waals surface area contributed by atoms with Crippen molar-refractivity contribution in [2.75, 3.05) is 26.7 Å². The molecule has 1 N–H and O–H groups in total. The van der Waals surface area contributed by atoms with Gasteiger partial charge in [-0.15, -0.1) is 13.2 Å². The van der Waals surface area contributed by atoms with Crippen molar-refractivity contribution in [3.05, 3.63) is 25.3 Å². The molecule has 0 aromatic heterocycles. The fourth-order valence-electron chi connectivity index (χ4n) is 8.31. The lowest BCUT2D eigenvalue weighted by Gasteiger charge is -2.47. The Morgan fingerprint density at radius 1 is 1.12 bits per heavy atom. The lowest BCUT2D eigenvalue weighted by atomic mass is 9.64. The molecular weight excluding hydrogens is 518 g/mol. The third-order valence-electron chi connectivity index (χ3n) is 10.0. The maximum Gasteiger partial charge on any atom is 0.249 e. The highest BCUT2D eigenvalue weighted by Gasteiger charge is 2.79. The molecule has 0 saturated carbocycles. The largest absolute Gasteiger partial charge is 0.394 e. The zero-order valence-corrected chi connectivity index (χ0v) is 27.0. The molecule has 0 aromatic carbocycles. The highest BCUT2D eigenvalue weighted by molar-refractivity contribution is 5.99. The molecule has 1 spiro atoms. The molecule has 8 nitrogen and oxygen atoms in total. The summed E-state index contributed by atoms with van der Waals surface area (Å²) in [4.78, 5) is 48.8. The van der Waals surface area contributed by atoms with Crippen molar-refractivity contribution in [2.24, 2.45) is 23.2 Å². The molecule has 0 aliphatic carbocycles. The number of aliphatic hydroxyl groups is 1. The van der Waals surface area contributed by atoms with Crippen LogP contribution in [0.15, 0.2) is 25.3 Å². The summed E-state index contributed by atoms with van der Waals surface area (Å²) in [5, 5.41) is 10.7. The number of fused-ring (bicyclic) bond motifs is 1. The molecule has 3 aliphatic heterocycles. The van der Waals surface area contributed by atoms with Gasteiger partial charge in [-0.05, 0) is 50.9 Å². The van der Waals surface area contributed by atoms with Crippen LogP contribution < -0.4 is 0 Å². The van der Waals surface area contributed by atoms with Crippen molar-refractivity contribution in [2.45, 2.75) is 116 Å². The van der Waals surface area contributed by atoms with E-state index in [4.69, 9.17) is 4.74 Å². The molecule has 2 unspecified atom stereocenters. The van der Waals surface area contributed by atoms with E-state index >= 15 is 4.79 Å². The minimum Gasteiger partial charge on any atom is -0.394 e. The maximum absolute atomic E-state index is 15.0. The van der Waals surface area contributed by atoms with Crippen molar-refractivity contribution in [3.8, 4) is 0 Å². The second kappa shape index (κ2) is 11.8. The molecule has 3 aliphatic rings. The van der Waals surface area contributed by atoms with E-state index in [1.165, 1.54) is 0 Å². The van der Waals surface area contributed by atoms with E-state index in [0.29, 0.717) is 32.4 Å². The zero-order valence-electron chi connectivity index (χ0n) is 27.0. The molecule has 3 heterocycles. The monoisotopic (exact) mass is 573 g/mol. The highest BCUT2D eigenvalue weighted by atomic mass is 16.5. The molecule has 0 radical (unpaired) electrons. The van der Waals surface area contributed by atoms with Gasteiger partial charge >= 0.3 is 0 Å². The first-order valence-electron chi connectivity index (χ1n) is 15.4. The summed E-state index contributed by atoms with van der Waals surface area (Å²) in [6.07, 6.45) is 6.54. The quantitative estimate of drug-likeness (QED) is 0.330. The van der Waals surface area contributed by atoms with Gasteiger partial charge in [-0.2, -0.15) is 0 Å². The number of amides is 3. The Hall–Kier alpha value is -2.19. The fourth-order valence-corrected chi connectivity index (χ4v) is 8.31. The third-order valence-corrected chi connectivity index (χ3v) is 10.0. The Labute approximate surface area is 248 Å². The van der Waals surface area contributed by atoms with Gasteiger partial charge in [0.15, 0.2) is 0 Å². The van der Waals surface area contributed by atoms with Gasteiger partial charge in [0.2, 0.25) is 17.7 Å². The molecule has 2 bridgehead atoms. The first kappa shape index (κ1) is 33.3. The van der Waals surface area contributed by atoms with Crippen LogP contribution in [0.2, 0.25) is 0 Å². The van der Waals surface area contributed by atoms with Gasteiger partial charge in [0.05, 0.1) is 30.1 Å². The molecule has 3 amide bonds. The summed E-state index contributed by atoms with van der Waals surface area (Å²) < 4.78 is 6.98. The first-order valence-corrected chi connectivity index (χ1v) is 15.4. The Bertz CT molecular complexity index is 1030. The number of likely N-dealkylation sites (N-methyl/N-ethyl adjacent to an activating group) is 1. The summed E-state index contributed by atoms with van der Waals surface area (Å²) in [6.45, 7) is 24.7. The average molecular weight is 574 g/mol. The number of carbonyl (C=O) groups is 3. The summed E-state index contributed by atoms with van der Waals surface area (Å²) in [7, 11) is 1.72. The van der Waals surface area contributed by atoms with E-state index in [1.807, 2.05) is 25.7 Å². The van der Waals surface area contributed by atoms with Gasteiger partial charge in [0.25, 0.3) is 0 Å². The molecule has 3 saturated heterocycles. The lowest BCUT2D eigenvalue weighted by Crippen LogP contribution is -2.63. The second-order valence-corrected chi connectivity index (χ2v) is 14.5. The van der Waals surface area contributed by atoms with Crippen LogP contribution in [0.4, 0.5) is 0 Å². The second-order valence-electron chi connectivity index (χ2n) is 14.5. The number of hydrogen-bond acceptors (Lipinski definition) is 5. The third kappa shape index (κ3) is 5.51. The minimum absolute atomic E-state index is 0.0542. The van der Waals surface area contributed by atoms with Crippen LogP contribution in [0.5, 0.6) is 0 Å². The molecule has 232 valence electrons. The zero-order chi connectivity index (χ0) is 31.1. The Morgan fingerprint density at radius 3 is 2.22 bits per heavy atom. The number of hydrogen-bond donors (Lipinski definition) is 1. The number of rotatable bonds is 13. The Kier molecular flexibility index (Phi) is 9.61. The smallest absolute Gasteiger partial charge is 0.249 e.